The number of nitrogens with zero attached hydrogens (tertiary/aromatic N) is 4. The Labute approximate surface area is 129 Å². The van der Waals surface area contributed by atoms with Crippen LogP contribution in [0.5, 0.6) is 5.75 Å². The number of hydrogen-bond donors (Lipinski definition) is 0. The van der Waals surface area contributed by atoms with Gasteiger partial charge < -0.3 is 14.5 Å². The molecule has 3 rings (SSSR count). The van der Waals surface area contributed by atoms with Gasteiger partial charge >= 0.3 is 0 Å². The molecule has 6 nitrogen and oxygen atoms in total. The van der Waals surface area contributed by atoms with Gasteiger partial charge in [0, 0.05) is 44.3 Å². The number of methoxy groups -OCH3 is 1. The summed E-state index contributed by atoms with van der Waals surface area (Å²) >= 11 is 0. The molecule has 0 unspecified atom stereocenters. The van der Waals surface area contributed by atoms with Gasteiger partial charge in [-0.25, -0.2) is 0 Å². The van der Waals surface area contributed by atoms with Crippen LogP contribution in [0.1, 0.15) is 0 Å². The first-order valence-electron chi connectivity index (χ1n) is 7.40. The molecule has 1 aromatic heterocycles. The van der Waals surface area contributed by atoms with Crippen molar-refractivity contribution in [2.75, 3.05) is 38.2 Å². The van der Waals surface area contributed by atoms with Crippen LogP contribution in [-0.4, -0.2) is 53.9 Å². The lowest BCUT2D eigenvalue weighted by Gasteiger charge is -2.36. The Kier molecular flexibility index (Phi) is 4.27. The average Bonchev–Trinajstić information content (AvgIpc) is 3.08. The summed E-state index contributed by atoms with van der Waals surface area (Å²) in [4.78, 5) is 16.4. The number of hydrogen-bond acceptors (Lipinski definition) is 4. The van der Waals surface area contributed by atoms with Gasteiger partial charge in [0.2, 0.25) is 5.91 Å². The number of benzene rings is 1. The molecule has 116 valence electrons. The number of amides is 1. The van der Waals surface area contributed by atoms with Crippen LogP contribution in [0.2, 0.25) is 0 Å². The summed E-state index contributed by atoms with van der Waals surface area (Å²) in [5.41, 5.74) is 1.17. The van der Waals surface area contributed by atoms with E-state index in [1.807, 2.05) is 29.3 Å². The first-order valence-corrected chi connectivity index (χ1v) is 7.40. The zero-order valence-electron chi connectivity index (χ0n) is 12.7. The highest BCUT2D eigenvalue weighted by atomic mass is 16.5. The summed E-state index contributed by atoms with van der Waals surface area (Å²) < 4.78 is 6.84. The second-order valence-corrected chi connectivity index (χ2v) is 5.27. The van der Waals surface area contributed by atoms with Crippen molar-refractivity contribution in [1.29, 1.82) is 0 Å². The maximum absolute atomic E-state index is 12.2. The van der Waals surface area contributed by atoms with Crippen molar-refractivity contribution < 1.29 is 9.53 Å². The predicted octanol–water partition coefficient (Wildman–Crippen LogP) is 1.24. The first-order chi connectivity index (χ1) is 10.8. The Hall–Kier alpha value is -2.50. The van der Waals surface area contributed by atoms with Gasteiger partial charge in [0.05, 0.1) is 7.11 Å². The molecular formula is C16H20N4O2. The van der Waals surface area contributed by atoms with Crippen LogP contribution < -0.4 is 9.64 Å². The fourth-order valence-corrected chi connectivity index (χ4v) is 2.64. The number of aromatic nitrogens is 2. The molecule has 0 bridgehead atoms. The predicted molar refractivity (Wildman–Crippen MR) is 84.0 cm³/mol. The molecule has 0 aliphatic carbocycles. The molecule has 1 fully saturated rings. The van der Waals surface area contributed by atoms with Gasteiger partial charge in [-0.3, -0.25) is 9.48 Å². The number of piperazine rings is 1. The van der Waals surface area contributed by atoms with E-state index in [1.165, 1.54) is 5.69 Å². The largest absolute Gasteiger partial charge is 0.497 e. The van der Waals surface area contributed by atoms with Crippen LogP contribution in [0.4, 0.5) is 5.69 Å². The van der Waals surface area contributed by atoms with E-state index in [1.54, 1.807) is 18.0 Å². The van der Waals surface area contributed by atoms with E-state index >= 15 is 0 Å². The number of anilines is 1. The monoisotopic (exact) mass is 300 g/mol. The molecule has 2 heterocycles. The van der Waals surface area contributed by atoms with Gasteiger partial charge in [0.15, 0.2) is 0 Å². The van der Waals surface area contributed by atoms with E-state index in [-0.39, 0.29) is 5.91 Å². The highest BCUT2D eigenvalue weighted by molar-refractivity contribution is 5.76. The Balaban J connectivity index is 1.54. The highest BCUT2D eigenvalue weighted by Crippen LogP contribution is 2.20. The first kappa shape index (κ1) is 14.4. The molecule has 0 radical (unpaired) electrons. The molecule has 1 aliphatic heterocycles. The minimum absolute atomic E-state index is 0.123. The van der Waals surface area contributed by atoms with Crippen molar-refractivity contribution in [3.63, 3.8) is 0 Å². The average molecular weight is 300 g/mol. The molecule has 1 aliphatic rings. The molecule has 0 N–H and O–H groups in total. The Morgan fingerprint density at radius 1 is 1.18 bits per heavy atom. The summed E-state index contributed by atoms with van der Waals surface area (Å²) in [6, 6.07) is 9.87. The molecule has 0 atom stereocenters. The molecule has 0 spiro atoms. The van der Waals surface area contributed by atoms with Crippen LogP contribution in [0, 0.1) is 0 Å². The minimum atomic E-state index is 0.123. The maximum Gasteiger partial charge on any atom is 0.244 e. The van der Waals surface area contributed by atoms with E-state index in [0.29, 0.717) is 6.54 Å². The third-order valence-electron chi connectivity index (χ3n) is 3.93. The van der Waals surface area contributed by atoms with Crippen molar-refractivity contribution in [3.05, 3.63) is 42.7 Å². The van der Waals surface area contributed by atoms with E-state index in [0.717, 1.165) is 31.9 Å². The quantitative estimate of drug-likeness (QED) is 0.852. The van der Waals surface area contributed by atoms with Crippen LogP contribution in [0.15, 0.2) is 42.7 Å². The lowest BCUT2D eigenvalue weighted by atomic mass is 10.2. The summed E-state index contributed by atoms with van der Waals surface area (Å²) in [6.07, 6.45) is 3.50. The molecule has 22 heavy (non-hydrogen) atoms. The second kappa shape index (κ2) is 6.51. The summed E-state index contributed by atoms with van der Waals surface area (Å²) in [6.45, 7) is 3.49. The topological polar surface area (TPSA) is 50.6 Å². The summed E-state index contributed by atoms with van der Waals surface area (Å²) in [5, 5.41) is 4.08. The van der Waals surface area contributed by atoms with Gasteiger partial charge in [-0.15, -0.1) is 0 Å². The highest BCUT2D eigenvalue weighted by Gasteiger charge is 2.21. The van der Waals surface area contributed by atoms with Crippen molar-refractivity contribution in [3.8, 4) is 5.75 Å². The smallest absolute Gasteiger partial charge is 0.244 e. The van der Waals surface area contributed by atoms with Gasteiger partial charge in [-0.2, -0.15) is 5.10 Å². The molecule has 1 saturated heterocycles. The van der Waals surface area contributed by atoms with E-state index in [2.05, 4.69) is 22.1 Å². The fourth-order valence-electron chi connectivity index (χ4n) is 2.64. The summed E-state index contributed by atoms with van der Waals surface area (Å²) in [5.74, 6) is 0.981. The van der Waals surface area contributed by atoms with Crippen LogP contribution in [0.3, 0.4) is 0 Å². The molecule has 2 aromatic rings. The normalized spacial score (nSPS) is 15.0. The number of ether oxygens (including phenoxy) is 1. The SMILES string of the molecule is COc1ccc(N2CCN(C(=O)Cn3cccn3)CC2)cc1. The lowest BCUT2D eigenvalue weighted by molar-refractivity contribution is -0.132. The van der Waals surface area contributed by atoms with Crippen LogP contribution in [0.25, 0.3) is 0 Å². The number of carbonyl (C=O) groups is 1. The third kappa shape index (κ3) is 3.21. The Bertz CT molecular complexity index is 602. The van der Waals surface area contributed by atoms with Gasteiger partial charge in [0.1, 0.15) is 12.3 Å². The van der Waals surface area contributed by atoms with Gasteiger partial charge in [0.25, 0.3) is 0 Å². The van der Waals surface area contributed by atoms with Gasteiger partial charge in [-0.1, -0.05) is 0 Å². The van der Waals surface area contributed by atoms with Crippen molar-refractivity contribution >= 4 is 11.6 Å². The fraction of sp³-hybridized carbons (Fsp3) is 0.375. The van der Waals surface area contributed by atoms with E-state index in [9.17, 15) is 4.79 Å². The summed E-state index contributed by atoms with van der Waals surface area (Å²) in [7, 11) is 1.67. The van der Waals surface area contributed by atoms with E-state index in [4.69, 9.17) is 4.74 Å². The minimum Gasteiger partial charge on any atom is -0.497 e. The van der Waals surface area contributed by atoms with Crippen molar-refractivity contribution in [2.45, 2.75) is 6.54 Å². The van der Waals surface area contributed by atoms with Crippen molar-refractivity contribution in [1.82, 2.24) is 14.7 Å². The molecule has 6 heteroatoms. The third-order valence-corrected chi connectivity index (χ3v) is 3.93. The maximum atomic E-state index is 12.2. The Morgan fingerprint density at radius 2 is 1.91 bits per heavy atom. The molecule has 0 saturated carbocycles. The van der Waals surface area contributed by atoms with Gasteiger partial charge in [-0.05, 0) is 30.3 Å². The molecule has 1 amide bonds. The number of rotatable bonds is 4. The van der Waals surface area contributed by atoms with Crippen molar-refractivity contribution in [2.24, 2.45) is 0 Å². The standard InChI is InChI=1S/C16H20N4O2/c1-22-15-5-3-14(4-6-15)18-9-11-19(12-10-18)16(21)13-20-8-2-7-17-20/h2-8H,9-13H2,1H3. The number of carbonyl (C=O) groups excluding carboxylic acids is 1. The van der Waals surface area contributed by atoms with E-state index < -0.39 is 0 Å². The molecular weight excluding hydrogens is 280 g/mol. The molecule has 1 aromatic carbocycles. The zero-order valence-corrected chi connectivity index (χ0v) is 12.7. The van der Waals surface area contributed by atoms with Crippen LogP contribution >= 0.6 is 0 Å². The second-order valence-electron chi connectivity index (χ2n) is 5.27. The Morgan fingerprint density at radius 3 is 2.50 bits per heavy atom. The van der Waals surface area contributed by atoms with Crippen LogP contribution in [-0.2, 0) is 11.3 Å². The lowest BCUT2D eigenvalue weighted by Crippen LogP contribution is -2.49. The zero-order chi connectivity index (χ0) is 15.4.